The molecule has 7 heterocycles. The molecule has 372 valence electrons. The molecule has 7 aliphatic heterocycles. The number of nitrogens with one attached hydrogen (secondary N) is 3. The number of ether oxygens (including phenoxy) is 6. The molecule has 9 aliphatic rings. The third kappa shape index (κ3) is 9.92. The summed E-state index contributed by atoms with van der Waals surface area (Å²) in [6.07, 6.45) is 4.87. The molecule has 0 unspecified atom stereocenters. The molecule has 2 saturated carbocycles. The van der Waals surface area contributed by atoms with Gasteiger partial charge in [-0.1, -0.05) is 20.8 Å². The Kier molecular flexibility index (Phi) is 15.3. The first-order valence-electron chi connectivity index (χ1n) is 25.3. The number of alkyl halides is 3. The second-order valence-corrected chi connectivity index (χ2v) is 21.4. The summed E-state index contributed by atoms with van der Waals surface area (Å²) in [5, 5.41) is 9.87. The highest BCUT2D eigenvalue weighted by Crippen LogP contribution is 2.65. The molecule has 0 radical (unpaired) electrons. The van der Waals surface area contributed by atoms with Crippen LogP contribution in [0.5, 0.6) is 0 Å². The van der Waals surface area contributed by atoms with E-state index >= 15 is 13.2 Å². The highest BCUT2D eigenvalue weighted by Gasteiger charge is 2.73. The molecule has 4 bridgehead atoms. The Hall–Kier alpha value is -1.64. The van der Waals surface area contributed by atoms with Crippen LogP contribution in [0.2, 0.25) is 0 Å². The van der Waals surface area contributed by atoms with Crippen molar-refractivity contribution in [1.82, 2.24) is 20.9 Å². The first-order chi connectivity index (χ1) is 31.0. The van der Waals surface area contributed by atoms with Gasteiger partial charge in [0.1, 0.15) is 5.60 Å². The van der Waals surface area contributed by atoms with Gasteiger partial charge in [0.25, 0.3) is 0 Å². The summed E-state index contributed by atoms with van der Waals surface area (Å²) >= 11 is 0. The van der Waals surface area contributed by atoms with Gasteiger partial charge in [0, 0.05) is 43.7 Å². The number of fused-ring (bicyclic) bond motifs is 3. The maximum atomic E-state index is 15.1. The second kappa shape index (κ2) is 20.0. The number of unbranched alkanes of at least 4 members (excludes halogenated alkanes) is 2. The van der Waals surface area contributed by atoms with Crippen LogP contribution in [0.4, 0.5) is 13.2 Å². The summed E-state index contributed by atoms with van der Waals surface area (Å²) in [4.78, 5) is 27.8. The van der Waals surface area contributed by atoms with Crippen LogP contribution in [0.15, 0.2) is 11.3 Å². The van der Waals surface area contributed by atoms with E-state index in [0.29, 0.717) is 57.8 Å². The average Bonchev–Trinajstić information content (AvgIpc) is 3.31. The van der Waals surface area contributed by atoms with E-state index in [-0.39, 0.29) is 54.2 Å². The van der Waals surface area contributed by atoms with Gasteiger partial charge in [-0.3, -0.25) is 9.69 Å². The van der Waals surface area contributed by atoms with Gasteiger partial charge in [-0.05, 0) is 166 Å². The highest BCUT2D eigenvalue weighted by atomic mass is 19.4. The zero-order valence-corrected chi connectivity index (χ0v) is 40.0. The summed E-state index contributed by atoms with van der Waals surface area (Å²) in [6.45, 7) is 17.6. The molecule has 5 N–H and O–H groups in total. The third-order valence-corrected chi connectivity index (χ3v) is 16.9. The minimum atomic E-state index is -4.75. The summed E-state index contributed by atoms with van der Waals surface area (Å²) in [5.41, 5.74) is 4.00. The van der Waals surface area contributed by atoms with Gasteiger partial charge in [-0.25, -0.2) is 9.78 Å². The quantitative estimate of drug-likeness (QED) is 0.0679. The zero-order valence-electron chi connectivity index (χ0n) is 40.0. The van der Waals surface area contributed by atoms with Gasteiger partial charge < -0.3 is 50.1 Å². The van der Waals surface area contributed by atoms with Crippen molar-refractivity contribution in [2.24, 2.45) is 47.2 Å². The fourth-order valence-corrected chi connectivity index (χ4v) is 13.3. The molecule has 14 nitrogen and oxygen atoms in total. The number of halogens is 3. The molecule has 8 fully saturated rings. The molecule has 0 aromatic rings. The summed E-state index contributed by atoms with van der Waals surface area (Å²) in [7, 11) is 0. The maximum absolute atomic E-state index is 15.1. The Morgan fingerprint density at radius 1 is 0.754 bits per heavy atom. The van der Waals surface area contributed by atoms with Crippen molar-refractivity contribution in [2.75, 3.05) is 65.5 Å². The molecular formula is C48H80F3N5O9. The summed E-state index contributed by atoms with van der Waals surface area (Å²) < 4.78 is 84.4. The molecule has 2 aliphatic carbocycles. The molecule has 65 heavy (non-hydrogen) atoms. The zero-order chi connectivity index (χ0) is 46.3. The SMILES string of the molecule is C[C@@H]1CC[C@H]2[C@@H](C)[C@@](C)(OCCCCN(CC(=O)NCCCNCCCCNCCCN)CC3=C(C(F)(F)F)O[C@@H]4O[C@]5(C)CC[C@H]6[C@H](C)CC[C@@H]3[C@@]46O5)O[C@@H]3O[C@]4(C)CC[C@@H]1[C@]32OO4. The smallest absolute Gasteiger partial charge is 0.449 e. The van der Waals surface area contributed by atoms with Gasteiger partial charge in [0.2, 0.25) is 23.7 Å². The molecule has 9 rings (SSSR count). The van der Waals surface area contributed by atoms with Crippen LogP contribution in [0, 0.1) is 41.4 Å². The lowest BCUT2D eigenvalue weighted by Crippen LogP contribution is -2.72. The lowest BCUT2D eigenvalue weighted by Gasteiger charge is -2.62. The van der Waals surface area contributed by atoms with Crippen molar-refractivity contribution in [2.45, 2.75) is 179 Å². The van der Waals surface area contributed by atoms with Gasteiger partial charge in [-0.15, -0.1) is 0 Å². The van der Waals surface area contributed by atoms with Crippen molar-refractivity contribution in [3.05, 3.63) is 11.3 Å². The van der Waals surface area contributed by atoms with Gasteiger partial charge in [-0.2, -0.15) is 13.2 Å². The molecule has 1 amide bonds. The topological polar surface area (TPSA) is 156 Å². The molecular weight excluding hydrogens is 848 g/mol. The van der Waals surface area contributed by atoms with E-state index < -0.39 is 59.0 Å². The number of carbonyl (C=O) groups is 1. The van der Waals surface area contributed by atoms with E-state index in [1.54, 1.807) is 0 Å². The molecule has 0 aromatic carbocycles. The maximum Gasteiger partial charge on any atom is 0.449 e. The number of amides is 1. The van der Waals surface area contributed by atoms with Crippen molar-refractivity contribution in [1.29, 1.82) is 0 Å². The molecule has 17 heteroatoms. The first kappa shape index (κ1) is 49.8. The molecule has 2 spiro atoms. The van der Waals surface area contributed by atoms with Crippen molar-refractivity contribution in [3.63, 3.8) is 0 Å². The number of nitrogens with zero attached hydrogens (tertiary/aromatic N) is 1. The third-order valence-electron chi connectivity index (χ3n) is 16.9. The van der Waals surface area contributed by atoms with Crippen LogP contribution in [0.25, 0.3) is 0 Å². The van der Waals surface area contributed by atoms with Crippen molar-refractivity contribution < 1.29 is 56.2 Å². The van der Waals surface area contributed by atoms with E-state index in [2.05, 4.69) is 36.7 Å². The van der Waals surface area contributed by atoms with Crippen molar-refractivity contribution in [3.8, 4) is 0 Å². The number of hydrogen-bond donors (Lipinski definition) is 4. The fraction of sp³-hybridized carbons (Fsp3) is 0.938. The molecule has 0 aromatic heterocycles. The number of hydrogen-bond acceptors (Lipinski definition) is 13. The number of carbonyl (C=O) groups excluding carboxylic acids is 1. The summed E-state index contributed by atoms with van der Waals surface area (Å²) in [5.74, 6) is -3.64. The highest BCUT2D eigenvalue weighted by molar-refractivity contribution is 5.78. The molecule has 14 atom stereocenters. The van der Waals surface area contributed by atoms with Crippen LogP contribution in [0.1, 0.15) is 131 Å². The fourth-order valence-electron chi connectivity index (χ4n) is 13.3. The Labute approximate surface area is 384 Å². The predicted octanol–water partition coefficient (Wildman–Crippen LogP) is 6.63. The Morgan fingerprint density at radius 3 is 2.14 bits per heavy atom. The number of allylic oxidation sites excluding steroid dienone is 1. The minimum absolute atomic E-state index is 0.00355. The van der Waals surface area contributed by atoms with Gasteiger partial charge >= 0.3 is 6.18 Å². The van der Waals surface area contributed by atoms with Crippen molar-refractivity contribution >= 4 is 5.91 Å². The van der Waals surface area contributed by atoms with E-state index in [1.165, 1.54) is 0 Å². The predicted molar refractivity (Wildman–Crippen MR) is 235 cm³/mol. The van der Waals surface area contributed by atoms with Crippen LogP contribution < -0.4 is 21.7 Å². The monoisotopic (exact) mass is 928 g/mol. The Morgan fingerprint density at radius 2 is 1.42 bits per heavy atom. The van der Waals surface area contributed by atoms with Crippen LogP contribution in [-0.4, -0.2) is 124 Å². The Balaban J connectivity index is 0.916. The van der Waals surface area contributed by atoms with Crippen LogP contribution in [0.3, 0.4) is 0 Å². The van der Waals surface area contributed by atoms with Gasteiger partial charge in [0.05, 0.1) is 13.2 Å². The van der Waals surface area contributed by atoms with Crippen LogP contribution >= 0.6 is 0 Å². The Bertz CT molecular complexity index is 1680. The number of rotatable bonds is 22. The average molecular weight is 928 g/mol. The minimum Gasteiger partial charge on any atom is -0.456 e. The largest absolute Gasteiger partial charge is 0.456 e. The van der Waals surface area contributed by atoms with E-state index in [9.17, 15) is 4.79 Å². The normalized spacial score (nSPS) is 41.8. The van der Waals surface area contributed by atoms with Gasteiger partial charge in [0.15, 0.2) is 23.5 Å². The number of nitrogens with two attached hydrogens (primary N) is 1. The van der Waals surface area contributed by atoms with E-state index in [1.807, 2.05) is 25.7 Å². The lowest BCUT2D eigenvalue weighted by atomic mass is 9.57. The lowest BCUT2D eigenvalue weighted by molar-refractivity contribution is -0.585. The van der Waals surface area contributed by atoms with E-state index in [4.69, 9.17) is 43.9 Å². The summed E-state index contributed by atoms with van der Waals surface area (Å²) in [6, 6.07) is 0. The van der Waals surface area contributed by atoms with E-state index in [0.717, 1.165) is 90.4 Å². The molecule has 6 saturated heterocycles. The standard InChI is InChI=1S/C48H80F3N5O9/c1-31-14-16-38-34(40(48(49,50)51)59-41-46(38)35(31)17-19-43(4,60-41)63-46)29-56(30-39(57)55-26-12-25-54-23-8-7-22-53-24-11-21-52)27-9-10-28-58-45(6)33(3)37-15-13-32(2)36-18-20-44(5)61-42(62-45)47(36,37)65-64-44/h31-33,35-38,41-42,53-54H,7-30,52H2,1-6H3,(H,55,57)/t31-,32-,33-,35+,36+,37+,38+,41-,42+,43+,44+,45+,46-,47-/m1/s1. The first-order valence-corrected chi connectivity index (χ1v) is 25.3. The second-order valence-electron chi connectivity index (χ2n) is 21.4. The van der Waals surface area contributed by atoms with Crippen LogP contribution in [-0.2, 0) is 43.0 Å².